The number of para-hydroxylation sites is 2. The van der Waals surface area contributed by atoms with E-state index in [0.717, 1.165) is 24.5 Å². The molecule has 3 amide bonds. The third-order valence-electron chi connectivity index (χ3n) is 6.33. The fourth-order valence-corrected chi connectivity index (χ4v) is 5.08. The van der Waals surface area contributed by atoms with Crippen LogP contribution >= 0.6 is 23.2 Å². The second-order valence-corrected chi connectivity index (χ2v) is 9.61. The van der Waals surface area contributed by atoms with E-state index in [9.17, 15) is 14.4 Å². The summed E-state index contributed by atoms with van der Waals surface area (Å²) in [4.78, 5) is 44.3. The number of halogens is 2. The van der Waals surface area contributed by atoms with Gasteiger partial charge in [0.05, 0.1) is 25.8 Å². The minimum absolute atomic E-state index is 0.163. The Labute approximate surface area is 220 Å². The van der Waals surface area contributed by atoms with Crippen molar-refractivity contribution >= 4 is 52.3 Å². The fourth-order valence-electron chi connectivity index (χ4n) is 4.55. The summed E-state index contributed by atoms with van der Waals surface area (Å²) >= 11 is 12.0. The van der Waals surface area contributed by atoms with Gasteiger partial charge in [-0.15, -0.1) is 0 Å². The molecule has 0 spiro atoms. The Morgan fingerprint density at radius 1 is 1.06 bits per heavy atom. The van der Waals surface area contributed by atoms with Crippen LogP contribution in [0, 0.1) is 0 Å². The summed E-state index contributed by atoms with van der Waals surface area (Å²) in [5, 5.41) is 6.24. The van der Waals surface area contributed by atoms with Crippen LogP contribution in [0.2, 0.25) is 10.0 Å². The van der Waals surface area contributed by atoms with E-state index in [-0.39, 0.29) is 24.8 Å². The normalized spacial score (nSPS) is 18.5. The van der Waals surface area contributed by atoms with Crippen molar-refractivity contribution in [2.75, 3.05) is 63.1 Å². The molecule has 1 atom stereocenters. The summed E-state index contributed by atoms with van der Waals surface area (Å²) in [7, 11) is 1.66. The Morgan fingerprint density at radius 3 is 2.44 bits per heavy atom. The monoisotopic (exact) mass is 533 g/mol. The minimum atomic E-state index is -0.879. The first-order valence-corrected chi connectivity index (χ1v) is 12.5. The van der Waals surface area contributed by atoms with Gasteiger partial charge in [-0.2, -0.15) is 0 Å². The molecule has 0 unspecified atom stereocenters. The van der Waals surface area contributed by atoms with Gasteiger partial charge in [0.15, 0.2) is 0 Å². The molecule has 0 bridgehead atoms. The lowest BCUT2D eigenvalue weighted by Gasteiger charge is -2.39. The largest absolute Gasteiger partial charge is 0.495 e. The molecule has 2 aromatic rings. The zero-order chi connectivity index (χ0) is 25.7. The number of methoxy groups -OCH3 is 1. The van der Waals surface area contributed by atoms with Crippen molar-refractivity contribution in [3.05, 3.63) is 52.5 Å². The van der Waals surface area contributed by atoms with Crippen molar-refractivity contribution in [2.24, 2.45) is 0 Å². The lowest BCUT2D eigenvalue weighted by Crippen LogP contribution is -2.60. The maximum atomic E-state index is 13.2. The van der Waals surface area contributed by atoms with E-state index in [0.29, 0.717) is 41.9 Å². The SMILES string of the molecule is COc1ccccc1N1CCN(CC(=O)N2CCNC(=O)[C@H]2CC(=O)Nc2cc(Cl)cc(Cl)c2)CC1. The van der Waals surface area contributed by atoms with Crippen LogP contribution in [0.4, 0.5) is 11.4 Å². The topological polar surface area (TPSA) is 94.2 Å². The molecule has 2 heterocycles. The van der Waals surface area contributed by atoms with Crippen LogP contribution in [-0.2, 0) is 14.4 Å². The molecule has 2 aliphatic rings. The van der Waals surface area contributed by atoms with Crippen molar-refractivity contribution in [1.82, 2.24) is 15.1 Å². The van der Waals surface area contributed by atoms with Gasteiger partial charge in [0.1, 0.15) is 11.8 Å². The van der Waals surface area contributed by atoms with Crippen LogP contribution in [-0.4, -0.2) is 86.5 Å². The van der Waals surface area contributed by atoms with E-state index in [1.807, 2.05) is 24.3 Å². The van der Waals surface area contributed by atoms with Crippen molar-refractivity contribution in [3.8, 4) is 5.75 Å². The Bertz CT molecular complexity index is 1100. The molecule has 2 aromatic carbocycles. The molecule has 2 aliphatic heterocycles. The predicted molar refractivity (Wildman–Crippen MR) is 140 cm³/mol. The van der Waals surface area contributed by atoms with Gasteiger partial charge in [-0.05, 0) is 30.3 Å². The van der Waals surface area contributed by atoms with Crippen molar-refractivity contribution < 1.29 is 19.1 Å². The zero-order valence-electron chi connectivity index (χ0n) is 20.0. The number of rotatable bonds is 7. The first-order chi connectivity index (χ1) is 17.3. The van der Waals surface area contributed by atoms with Gasteiger partial charge >= 0.3 is 0 Å². The number of amides is 3. The number of nitrogens with one attached hydrogen (secondary N) is 2. The summed E-state index contributed by atoms with van der Waals surface area (Å²) in [5.74, 6) is -0.0878. The first kappa shape index (κ1) is 26.1. The molecular weight excluding hydrogens is 505 g/mol. The van der Waals surface area contributed by atoms with E-state index in [4.69, 9.17) is 27.9 Å². The summed E-state index contributed by atoms with van der Waals surface area (Å²) in [6.45, 7) is 3.80. The lowest BCUT2D eigenvalue weighted by atomic mass is 10.1. The molecule has 9 nitrogen and oxygen atoms in total. The quantitative estimate of drug-likeness (QED) is 0.567. The van der Waals surface area contributed by atoms with Crippen LogP contribution in [0.5, 0.6) is 5.75 Å². The molecule has 2 saturated heterocycles. The van der Waals surface area contributed by atoms with Crippen LogP contribution < -0.4 is 20.3 Å². The third-order valence-corrected chi connectivity index (χ3v) is 6.77. The highest BCUT2D eigenvalue weighted by atomic mass is 35.5. The van der Waals surface area contributed by atoms with Crippen LogP contribution in [0.15, 0.2) is 42.5 Å². The average Bonchev–Trinajstić information content (AvgIpc) is 2.85. The second-order valence-electron chi connectivity index (χ2n) is 8.74. The third kappa shape index (κ3) is 6.40. The summed E-state index contributed by atoms with van der Waals surface area (Å²) in [5.41, 5.74) is 1.46. The molecule has 2 fully saturated rings. The molecule has 4 rings (SSSR count). The van der Waals surface area contributed by atoms with E-state index in [1.54, 1.807) is 25.3 Å². The van der Waals surface area contributed by atoms with E-state index >= 15 is 0 Å². The fraction of sp³-hybridized carbons (Fsp3) is 0.400. The van der Waals surface area contributed by atoms with E-state index < -0.39 is 11.9 Å². The molecular formula is C25H29Cl2N5O4. The smallest absolute Gasteiger partial charge is 0.243 e. The Morgan fingerprint density at radius 2 is 1.75 bits per heavy atom. The van der Waals surface area contributed by atoms with Crippen molar-refractivity contribution in [3.63, 3.8) is 0 Å². The average molecular weight is 534 g/mol. The predicted octanol–water partition coefficient (Wildman–Crippen LogP) is 2.48. The minimum Gasteiger partial charge on any atom is -0.495 e. The molecule has 2 N–H and O–H groups in total. The number of hydrogen-bond acceptors (Lipinski definition) is 6. The molecule has 0 saturated carbocycles. The van der Waals surface area contributed by atoms with Crippen molar-refractivity contribution in [2.45, 2.75) is 12.5 Å². The standard InChI is InChI=1S/C25H29Cl2N5O4/c1-36-22-5-3-2-4-20(22)31-10-8-30(9-11-31)16-24(34)32-7-6-28-25(35)21(32)15-23(33)29-19-13-17(26)12-18(27)14-19/h2-5,12-14,21H,6-11,15-16H2,1H3,(H,28,35)(H,29,33)/t21-/m1/s1. The van der Waals surface area contributed by atoms with Gasteiger partial charge in [-0.25, -0.2) is 0 Å². The molecule has 0 aliphatic carbocycles. The number of carbonyl (C=O) groups is 3. The summed E-state index contributed by atoms with van der Waals surface area (Å²) in [6.07, 6.45) is -0.163. The maximum absolute atomic E-state index is 13.2. The summed E-state index contributed by atoms with van der Waals surface area (Å²) in [6, 6.07) is 11.7. The first-order valence-electron chi connectivity index (χ1n) is 11.8. The number of piperazine rings is 2. The highest BCUT2D eigenvalue weighted by molar-refractivity contribution is 6.35. The van der Waals surface area contributed by atoms with Gasteiger partial charge < -0.3 is 25.2 Å². The molecule has 192 valence electrons. The van der Waals surface area contributed by atoms with Crippen LogP contribution in [0.1, 0.15) is 6.42 Å². The number of nitrogens with zero attached hydrogens (tertiary/aromatic N) is 3. The molecule has 11 heteroatoms. The van der Waals surface area contributed by atoms with E-state index in [1.165, 1.54) is 4.90 Å². The number of benzene rings is 2. The molecule has 0 radical (unpaired) electrons. The Hall–Kier alpha value is -3.01. The number of ether oxygens (including phenoxy) is 1. The van der Waals surface area contributed by atoms with Gasteiger partial charge in [0.25, 0.3) is 0 Å². The molecule has 0 aromatic heterocycles. The molecule has 36 heavy (non-hydrogen) atoms. The van der Waals surface area contributed by atoms with Crippen molar-refractivity contribution in [1.29, 1.82) is 0 Å². The van der Waals surface area contributed by atoms with Gasteiger partial charge in [0.2, 0.25) is 17.7 Å². The van der Waals surface area contributed by atoms with Gasteiger partial charge in [-0.1, -0.05) is 35.3 Å². The Balaban J connectivity index is 1.34. The number of anilines is 2. The highest BCUT2D eigenvalue weighted by Crippen LogP contribution is 2.28. The summed E-state index contributed by atoms with van der Waals surface area (Å²) < 4.78 is 5.47. The van der Waals surface area contributed by atoms with Crippen LogP contribution in [0.25, 0.3) is 0 Å². The van der Waals surface area contributed by atoms with E-state index in [2.05, 4.69) is 20.4 Å². The Kier molecular flexibility index (Phi) is 8.56. The number of carbonyl (C=O) groups excluding carboxylic acids is 3. The number of hydrogen-bond donors (Lipinski definition) is 2. The zero-order valence-corrected chi connectivity index (χ0v) is 21.5. The highest BCUT2D eigenvalue weighted by Gasteiger charge is 2.35. The maximum Gasteiger partial charge on any atom is 0.243 e. The lowest BCUT2D eigenvalue weighted by molar-refractivity contribution is -0.145. The van der Waals surface area contributed by atoms with Gasteiger partial charge in [-0.3, -0.25) is 19.3 Å². The van der Waals surface area contributed by atoms with Crippen LogP contribution in [0.3, 0.4) is 0 Å². The second kappa shape index (κ2) is 11.8. The van der Waals surface area contributed by atoms with Gasteiger partial charge in [0, 0.05) is 55.0 Å².